The first-order valence-electron chi connectivity index (χ1n) is 9.39. The number of furan rings is 1. The van der Waals surface area contributed by atoms with E-state index in [9.17, 15) is 9.18 Å². The zero-order valence-electron chi connectivity index (χ0n) is 16.2. The molecule has 1 spiro atoms. The van der Waals surface area contributed by atoms with Gasteiger partial charge in [-0.25, -0.2) is 4.39 Å². The Hall–Kier alpha value is -1.84. The predicted octanol–water partition coefficient (Wildman–Crippen LogP) is 3.18. The lowest BCUT2D eigenvalue weighted by Crippen LogP contribution is -2.51. The molecular formula is C20H26FIN4O2. The molecule has 2 fully saturated rings. The molecule has 0 saturated carbocycles. The van der Waals surface area contributed by atoms with Crippen LogP contribution in [0.15, 0.2) is 27.6 Å². The van der Waals surface area contributed by atoms with Crippen molar-refractivity contribution < 1.29 is 13.6 Å². The maximum Gasteiger partial charge on any atom is 0.220 e. The Kier molecular flexibility index (Phi) is 6.16. The third kappa shape index (κ3) is 3.97. The van der Waals surface area contributed by atoms with E-state index in [1.807, 2.05) is 6.92 Å². The topological polar surface area (TPSA) is 69.9 Å². The van der Waals surface area contributed by atoms with Gasteiger partial charge in [0.2, 0.25) is 5.91 Å². The number of amides is 1. The van der Waals surface area contributed by atoms with Gasteiger partial charge in [0.25, 0.3) is 0 Å². The number of aliphatic imine (C=N–C) groups is 1. The van der Waals surface area contributed by atoms with Crippen LogP contribution in [0.3, 0.4) is 0 Å². The van der Waals surface area contributed by atoms with Crippen molar-refractivity contribution in [1.29, 1.82) is 0 Å². The van der Waals surface area contributed by atoms with Gasteiger partial charge in [-0.2, -0.15) is 0 Å². The quantitative estimate of drug-likeness (QED) is 0.378. The fourth-order valence-corrected chi connectivity index (χ4v) is 4.33. The van der Waals surface area contributed by atoms with Crippen LogP contribution in [0.1, 0.15) is 30.6 Å². The lowest BCUT2D eigenvalue weighted by molar-refractivity contribution is -0.119. The monoisotopic (exact) mass is 500 g/mol. The minimum Gasteiger partial charge on any atom is -0.459 e. The first-order valence-corrected chi connectivity index (χ1v) is 9.39. The van der Waals surface area contributed by atoms with Gasteiger partial charge in [0.1, 0.15) is 17.2 Å². The summed E-state index contributed by atoms with van der Waals surface area (Å²) in [5.74, 6) is 1.46. The molecule has 1 amide bonds. The summed E-state index contributed by atoms with van der Waals surface area (Å²) in [5.41, 5.74) is 1.64. The van der Waals surface area contributed by atoms with Gasteiger partial charge in [-0.15, -0.1) is 24.0 Å². The van der Waals surface area contributed by atoms with E-state index in [0.29, 0.717) is 18.5 Å². The van der Waals surface area contributed by atoms with E-state index in [1.54, 1.807) is 13.1 Å². The number of carbonyl (C=O) groups is 1. The number of nitrogens with zero attached hydrogens (tertiary/aromatic N) is 2. The highest BCUT2D eigenvalue weighted by Gasteiger charge is 2.42. The number of hydrogen-bond acceptors (Lipinski definition) is 3. The van der Waals surface area contributed by atoms with Crippen LogP contribution in [0.2, 0.25) is 0 Å². The van der Waals surface area contributed by atoms with Crippen molar-refractivity contribution in [2.24, 2.45) is 10.4 Å². The SMILES string of the molecule is CN=C(NCc1oc2ccc(F)cc2c1C)N1CCCC2(CNC(=O)C2)C1.I. The van der Waals surface area contributed by atoms with Crippen LogP contribution in [-0.4, -0.2) is 43.4 Å². The molecule has 2 saturated heterocycles. The van der Waals surface area contributed by atoms with Crippen LogP contribution < -0.4 is 10.6 Å². The highest BCUT2D eigenvalue weighted by Crippen LogP contribution is 2.36. The molecule has 1 aromatic carbocycles. The van der Waals surface area contributed by atoms with Gasteiger partial charge in [0.15, 0.2) is 5.96 Å². The number of carbonyl (C=O) groups excluding carboxylic acids is 1. The number of benzene rings is 1. The number of halogens is 2. The average molecular weight is 500 g/mol. The molecule has 2 aromatic rings. The molecule has 4 rings (SSSR count). The van der Waals surface area contributed by atoms with Crippen molar-refractivity contribution in [3.05, 3.63) is 35.3 Å². The number of guanidine groups is 1. The summed E-state index contributed by atoms with van der Waals surface area (Å²) >= 11 is 0. The minimum atomic E-state index is -0.264. The lowest BCUT2D eigenvalue weighted by atomic mass is 9.79. The van der Waals surface area contributed by atoms with Crippen molar-refractivity contribution in [2.45, 2.75) is 32.7 Å². The van der Waals surface area contributed by atoms with Gasteiger partial charge in [-0.3, -0.25) is 9.79 Å². The fraction of sp³-hybridized carbons (Fsp3) is 0.500. The van der Waals surface area contributed by atoms with E-state index in [4.69, 9.17) is 4.42 Å². The Balaban J connectivity index is 0.00000225. The van der Waals surface area contributed by atoms with Crippen molar-refractivity contribution in [3.63, 3.8) is 0 Å². The Bertz CT molecular complexity index is 913. The minimum absolute atomic E-state index is 0. The predicted molar refractivity (Wildman–Crippen MR) is 117 cm³/mol. The molecule has 2 aliphatic rings. The van der Waals surface area contributed by atoms with Gasteiger partial charge in [-0.1, -0.05) is 0 Å². The molecule has 2 N–H and O–H groups in total. The van der Waals surface area contributed by atoms with Crippen molar-refractivity contribution in [2.75, 3.05) is 26.7 Å². The lowest BCUT2D eigenvalue weighted by Gasteiger charge is -2.40. The number of hydrogen-bond donors (Lipinski definition) is 2. The second kappa shape index (κ2) is 8.26. The molecule has 0 radical (unpaired) electrons. The third-order valence-corrected chi connectivity index (χ3v) is 5.77. The number of rotatable bonds is 2. The van der Waals surface area contributed by atoms with E-state index in [0.717, 1.165) is 55.1 Å². The number of likely N-dealkylation sites (tertiary alicyclic amines) is 1. The van der Waals surface area contributed by atoms with Crippen LogP contribution >= 0.6 is 24.0 Å². The Morgan fingerprint density at radius 2 is 2.29 bits per heavy atom. The first kappa shape index (κ1) is 20.9. The van der Waals surface area contributed by atoms with E-state index in [2.05, 4.69) is 20.5 Å². The highest BCUT2D eigenvalue weighted by atomic mass is 127. The van der Waals surface area contributed by atoms with Crippen LogP contribution in [0, 0.1) is 18.2 Å². The molecule has 1 unspecified atom stereocenters. The molecule has 6 nitrogen and oxygen atoms in total. The maximum atomic E-state index is 13.5. The van der Waals surface area contributed by atoms with E-state index >= 15 is 0 Å². The summed E-state index contributed by atoms with van der Waals surface area (Å²) < 4.78 is 19.4. The van der Waals surface area contributed by atoms with Crippen molar-refractivity contribution >= 4 is 46.8 Å². The van der Waals surface area contributed by atoms with Gasteiger partial charge >= 0.3 is 0 Å². The second-order valence-electron chi connectivity index (χ2n) is 7.67. The summed E-state index contributed by atoms with van der Waals surface area (Å²) in [5, 5.41) is 7.14. The molecule has 1 atom stereocenters. The van der Waals surface area contributed by atoms with Gasteiger partial charge in [0, 0.05) is 49.5 Å². The standard InChI is InChI=1S/C20H25FN4O2.HI/c1-13-15-8-14(21)4-5-16(15)27-17(13)10-23-19(22-2)25-7-3-6-20(12-25)9-18(26)24-11-20;/h4-5,8H,3,6-7,9-12H2,1-2H3,(H,22,23)(H,24,26);1H. The Labute approximate surface area is 181 Å². The maximum absolute atomic E-state index is 13.5. The molecule has 3 heterocycles. The summed E-state index contributed by atoms with van der Waals surface area (Å²) in [6, 6.07) is 4.57. The van der Waals surface area contributed by atoms with Crippen LogP contribution in [0.4, 0.5) is 4.39 Å². The summed E-state index contributed by atoms with van der Waals surface area (Å²) in [6.45, 7) is 4.90. The van der Waals surface area contributed by atoms with Crippen molar-refractivity contribution in [3.8, 4) is 0 Å². The third-order valence-electron chi connectivity index (χ3n) is 5.77. The molecule has 0 bridgehead atoms. The fourth-order valence-electron chi connectivity index (χ4n) is 4.33. The molecule has 2 aliphatic heterocycles. The second-order valence-corrected chi connectivity index (χ2v) is 7.67. The average Bonchev–Trinajstić information content (AvgIpc) is 3.16. The number of piperidine rings is 1. The normalized spacial score (nSPS) is 22.5. The smallest absolute Gasteiger partial charge is 0.220 e. The summed E-state index contributed by atoms with van der Waals surface area (Å²) in [7, 11) is 1.77. The van der Waals surface area contributed by atoms with Crippen LogP contribution in [0.25, 0.3) is 11.0 Å². The Morgan fingerprint density at radius 3 is 3.00 bits per heavy atom. The number of fused-ring (bicyclic) bond motifs is 1. The molecule has 152 valence electrons. The van der Waals surface area contributed by atoms with Gasteiger partial charge < -0.3 is 20.0 Å². The molecular weight excluding hydrogens is 474 g/mol. The zero-order valence-corrected chi connectivity index (χ0v) is 18.5. The van der Waals surface area contributed by atoms with E-state index in [-0.39, 0.29) is 41.1 Å². The zero-order chi connectivity index (χ0) is 19.0. The van der Waals surface area contributed by atoms with E-state index in [1.165, 1.54) is 12.1 Å². The first-order chi connectivity index (χ1) is 13.0. The molecule has 28 heavy (non-hydrogen) atoms. The summed E-state index contributed by atoms with van der Waals surface area (Å²) in [4.78, 5) is 18.4. The highest BCUT2D eigenvalue weighted by molar-refractivity contribution is 14.0. The van der Waals surface area contributed by atoms with Crippen molar-refractivity contribution in [1.82, 2.24) is 15.5 Å². The van der Waals surface area contributed by atoms with Crippen LogP contribution in [-0.2, 0) is 11.3 Å². The molecule has 8 heteroatoms. The van der Waals surface area contributed by atoms with Crippen LogP contribution in [0.5, 0.6) is 0 Å². The van der Waals surface area contributed by atoms with Gasteiger partial charge in [0.05, 0.1) is 6.54 Å². The Morgan fingerprint density at radius 1 is 1.46 bits per heavy atom. The summed E-state index contributed by atoms with van der Waals surface area (Å²) in [6.07, 6.45) is 2.70. The van der Waals surface area contributed by atoms with Gasteiger partial charge in [-0.05, 0) is 38.0 Å². The van der Waals surface area contributed by atoms with E-state index < -0.39 is 0 Å². The number of aryl methyl sites for hydroxylation is 1. The molecule has 1 aromatic heterocycles. The molecule has 0 aliphatic carbocycles. The number of nitrogens with one attached hydrogen (secondary N) is 2. The largest absolute Gasteiger partial charge is 0.459 e.